The van der Waals surface area contributed by atoms with Crippen LogP contribution in [0, 0.1) is 24.2 Å². The van der Waals surface area contributed by atoms with Crippen molar-refractivity contribution in [1.82, 2.24) is 5.32 Å². The Morgan fingerprint density at radius 2 is 2.43 bits per heavy atom. The van der Waals surface area contributed by atoms with Crippen molar-refractivity contribution >= 4 is 5.91 Å². The number of nitrogens with zero attached hydrogens (tertiary/aromatic N) is 1. The third kappa shape index (κ3) is 2.63. The molecule has 1 unspecified atom stereocenters. The SMILES string of the molecule is Cc1ccc(C(=O)NCC(C)C#N)o1. The lowest BCUT2D eigenvalue weighted by molar-refractivity contribution is 0.0922. The second kappa shape index (κ2) is 4.47. The summed E-state index contributed by atoms with van der Waals surface area (Å²) < 4.78 is 5.12. The normalized spacial score (nSPS) is 11.8. The number of nitriles is 1. The molecule has 0 bridgehead atoms. The fraction of sp³-hybridized carbons (Fsp3) is 0.400. The van der Waals surface area contributed by atoms with Gasteiger partial charge in [0.1, 0.15) is 5.76 Å². The van der Waals surface area contributed by atoms with Crippen molar-refractivity contribution in [1.29, 1.82) is 5.26 Å². The molecule has 4 heteroatoms. The maximum absolute atomic E-state index is 11.4. The first-order valence-corrected chi connectivity index (χ1v) is 4.37. The molecule has 0 aliphatic heterocycles. The predicted octanol–water partition coefficient (Wildman–Crippen LogP) is 1.48. The zero-order valence-electron chi connectivity index (χ0n) is 8.20. The fourth-order valence-corrected chi connectivity index (χ4v) is 0.935. The Bertz CT molecular complexity index is 362. The van der Waals surface area contributed by atoms with Crippen molar-refractivity contribution < 1.29 is 9.21 Å². The van der Waals surface area contributed by atoms with Gasteiger partial charge in [-0.05, 0) is 26.0 Å². The molecule has 74 valence electrons. The van der Waals surface area contributed by atoms with E-state index < -0.39 is 0 Å². The van der Waals surface area contributed by atoms with Crippen molar-refractivity contribution in [2.24, 2.45) is 5.92 Å². The van der Waals surface area contributed by atoms with Crippen LogP contribution in [0.4, 0.5) is 0 Å². The van der Waals surface area contributed by atoms with E-state index in [1.165, 1.54) is 0 Å². The number of furan rings is 1. The molecule has 4 nitrogen and oxygen atoms in total. The lowest BCUT2D eigenvalue weighted by Crippen LogP contribution is -2.27. The Hall–Kier alpha value is -1.76. The Morgan fingerprint density at radius 1 is 1.71 bits per heavy atom. The minimum absolute atomic E-state index is 0.185. The van der Waals surface area contributed by atoms with E-state index in [9.17, 15) is 4.79 Å². The van der Waals surface area contributed by atoms with Crippen LogP contribution in [-0.4, -0.2) is 12.5 Å². The molecule has 1 aromatic heterocycles. The Labute approximate surface area is 82.5 Å². The van der Waals surface area contributed by atoms with Crippen molar-refractivity contribution in [2.45, 2.75) is 13.8 Å². The van der Waals surface area contributed by atoms with Crippen LogP contribution in [0.3, 0.4) is 0 Å². The number of nitrogens with one attached hydrogen (secondary N) is 1. The topological polar surface area (TPSA) is 66.0 Å². The average Bonchev–Trinajstić information content (AvgIpc) is 2.60. The van der Waals surface area contributed by atoms with Crippen LogP contribution in [0.25, 0.3) is 0 Å². The fourth-order valence-electron chi connectivity index (χ4n) is 0.935. The molecule has 1 aromatic rings. The van der Waals surface area contributed by atoms with Crippen LogP contribution in [-0.2, 0) is 0 Å². The monoisotopic (exact) mass is 192 g/mol. The number of carbonyl (C=O) groups is 1. The van der Waals surface area contributed by atoms with Gasteiger partial charge in [0.15, 0.2) is 5.76 Å². The summed E-state index contributed by atoms with van der Waals surface area (Å²) in [5.41, 5.74) is 0. The summed E-state index contributed by atoms with van der Waals surface area (Å²) in [6.07, 6.45) is 0. The highest BCUT2D eigenvalue weighted by atomic mass is 16.3. The van der Waals surface area contributed by atoms with Crippen LogP contribution in [0.5, 0.6) is 0 Å². The summed E-state index contributed by atoms with van der Waals surface area (Å²) in [7, 11) is 0. The molecule has 0 aliphatic rings. The number of aryl methyl sites for hydroxylation is 1. The van der Waals surface area contributed by atoms with Crippen LogP contribution in [0.1, 0.15) is 23.2 Å². The maximum Gasteiger partial charge on any atom is 0.287 e. The second-order valence-corrected chi connectivity index (χ2v) is 3.15. The third-order valence-electron chi connectivity index (χ3n) is 1.75. The van der Waals surface area contributed by atoms with Crippen LogP contribution < -0.4 is 5.32 Å². The average molecular weight is 192 g/mol. The molecular weight excluding hydrogens is 180 g/mol. The van der Waals surface area contributed by atoms with Crippen molar-refractivity contribution in [3.63, 3.8) is 0 Å². The molecule has 1 amide bonds. The standard InChI is InChI=1S/C10H12N2O2/c1-7(5-11)6-12-10(13)9-4-3-8(2)14-9/h3-4,7H,6H2,1-2H3,(H,12,13). The summed E-state index contributed by atoms with van der Waals surface area (Å²) in [4.78, 5) is 11.4. The molecule has 1 heterocycles. The van der Waals surface area contributed by atoms with E-state index in [0.29, 0.717) is 12.3 Å². The molecular formula is C10H12N2O2. The molecule has 1 atom stereocenters. The Kier molecular flexibility index (Phi) is 3.29. The van der Waals surface area contributed by atoms with Gasteiger partial charge < -0.3 is 9.73 Å². The Morgan fingerprint density at radius 3 is 2.93 bits per heavy atom. The summed E-state index contributed by atoms with van der Waals surface area (Å²) in [5.74, 6) is 0.520. The number of hydrogen-bond donors (Lipinski definition) is 1. The molecule has 0 fully saturated rings. The van der Waals surface area contributed by atoms with Gasteiger partial charge in [0.05, 0.1) is 12.0 Å². The highest BCUT2D eigenvalue weighted by Gasteiger charge is 2.10. The summed E-state index contributed by atoms with van der Waals surface area (Å²) in [6, 6.07) is 5.37. The van der Waals surface area contributed by atoms with Gasteiger partial charge in [0, 0.05) is 6.54 Å². The van der Waals surface area contributed by atoms with Crippen LogP contribution >= 0.6 is 0 Å². The van der Waals surface area contributed by atoms with E-state index in [4.69, 9.17) is 9.68 Å². The smallest absolute Gasteiger partial charge is 0.287 e. The van der Waals surface area contributed by atoms with Gasteiger partial charge in [0.25, 0.3) is 5.91 Å². The summed E-state index contributed by atoms with van der Waals surface area (Å²) >= 11 is 0. The number of hydrogen-bond acceptors (Lipinski definition) is 3. The van der Waals surface area contributed by atoms with E-state index in [1.54, 1.807) is 26.0 Å². The highest BCUT2D eigenvalue weighted by Crippen LogP contribution is 2.05. The first-order valence-electron chi connectivity index (χ1n) is 4.37. The van der Waals surface area contributed by atoms with Crippen LogP contribution in [0.15, 0.2) is 16.5 Å². The van der Waals surface area contributed by atoms with Gasteiger partial charge in [-0.15, -0.1) is 0 Å². The number of amides is 1. The lowest BCUT2D eigenvalue weighted by atomic mass is 10.2. The van der Waals surface area contributed by atoms with Gasteiger partial charge in [-0.3, -0.25) is 4.79 Å². The quantitative estimate of drug-likeness (QED) is 0.788. The molecule has 0 radical (unpaired) electrons. The maximum atomic E-state index is 11.4. The first kappa shape index (κ1) is 10.3. The number of rotatable bonds is 3. The van der Waals surface area contributed by atoms with Gasteiger partial charge in [-0.1, -0.05) is 0 Å². The van der Waals surface area contributed by atoms with Gasteiger partial charge in [0.2, 0.25) is 0 Å². The van der Waals surface area contributed by atoms with Gasteiger partial charge >= 0.3 is 0 Å². The molecule has 0 spiro atoms. The van der Waals surface area contributed by atoms with Crippen molar-refractivity contribution in [3.8, 4) is 6.07 Å². The highest BCUT2D eigenvalue weighted by molar-refractivity contribution is 5.91. The van der Waals surface area contributed by atoms with E-state index in [0.717, 1.165) is 0 Å². The van der Waals surface area contributed by atoms with E-state index >= 15 is 0 Å². The Balaban J connectivity index is 2.48. The van der Waals surface area contributed by atoms with E-state index in [1.807, 2.05) is 6.07 Å². The molecule has 0 saturated heterocycles. The lowest BCUT2D eigenvalue weighted by Gasteiger charge is -2.03. The number of carbonyl (C=O) groups excluding carboxylic acids is 1. The van der Waals surface area contributed by atoms with Crippen LogP contribution in [0.2, 0.25) is 0 Å². The second-order valence-electron chi connectivity index (χ2n) is 3.15. The van der Waals surface area contributed by atoms with Gasteiger partial charge in [-0.2, -0.15) is 5.26 Å². The molecule has 1 rings (SSSR count). The molecule has 0 aromatic carbocycles. The first-order chi connectivity index (χ1) is 6.63. The van der Waals surface area contributed by atoms with Crippen molar-refractivity contribution in [3.05, 3.63) is 23.7 Å². The van der Waals surface area contributed by atoms with Crippen molar-refractivity contribution in [2.75, 3.05) is 6.54 Å². The van der Waals surface area contributed by atoms with Gasteiger partial charge in [-0.25, -0.2) is 0 Å². The minimum Gasteiger partial charge on any atom is -0.456 e. The molecule has 1 N–H and O–H groups in total. The molecule has 14 heavy (non-hydrogen) atoms. The van der Waals surface area contributed by atoms with E-state index in [-0.39, 0.29) is 17.6 Å². The largest absolute Gasteiger partial charge is 0.456 e. The third-order valence-corrected chi connectivity index (χ3v) is 1.75. The predicted molar refractivity (Wildman–Crippen MR) is 50.6 cm³/mol. The summed E-state index contributed by atoms with van der Waals surface area (Å²) in [6.45, 7) is 3.86. The zero-order chi connectivity index (χ0) is 10.6. The van der Waals surface area contributed by atoms with E-state index in [2.05, 4.69) is 5.32 Å². The minimum atomic E-state index is -0.278. The molecule has 0 aliphatic carbocycles. The molecule has 0 saturated carbocycles. The summed E-state index contributed by atoms with van der Waals surface area (Å²) in [5, 5.41) is 11.1. The zero-order valence-corrected chi connectivity index (χ0v) is 8.20.